The fourth-order valence-electron chi connectivity index (χ4n) is 2.45. The quantitative estimate of drug-likeness (QED) is 0.888. The zero-order valence-corrected chi connectivity index (χ0v) is 13.2. The van der Waals surface area contributed by atoms with Crippen LogP contribution >= 0.6 is 11.3 Å². The van der Waals surface area contributed by atoms with Gasteiger partial charge in [0.2, 0.25) is 15.9 Å². The van der Waals surface area contributed by atoms with Crippen LogP contribution in [0, 0.1) is 0 Å². The third-order valence-electron chi connectivity index (χ3n) is 3.43. The molecule has 0 bridgehead atoms. The SMILES string of the molecule is CS(=O)(=O)N1CCCCC1C(=O)NCCc1cccs1. The third kappa shape index (κ3) is 4.04. The Morgan fingerprint density at radius 2 is 2.30 bits per heavy atom. The number of thiophene rings is 1. The molecule has 1 aliphatic heterocycles. The van der Waals surface area contributed by atoms with Crippen molar-refractivity contribution < 1.29 is 13.2 Å². The maximum Gasteiger partial charge on any atom is 0.238 e. The number of hydrogen-bond donors (Lipinski definition) is 1. The molecular formula is C13H20N2O3S2. The lowest BCUT2D eigenvalue weighted by molar-refractivity contribution is -0.125. The number of nitrogens with one attached hydrogen (secondary N) is 1. The number of hydrogen-bond acceptors (Lipinski definition) is 4. The van der Waals surface area contributed by atoms with Crippen molar-refractivity contribution in [1.82, 2.24) is 9.62 Å². The van der Waals surface area contributed by atoms with Crippen LogP contribution in [0.5, 0.6) is 0 Å². The van der Waals surface area contributed by atoms with Crippen LogP contribution in [0.25, 0.3) is 0 Å². The van der Waals surface area contributed by atoms with E-state index in [0.29, 0.717) is 19.5 Å². The first kappa shape index (κ1) is 15.5. The van der Waals surface area contributed by atoms with E-state index in [1.54, 1.807) is 11.3 Å². The molecule has 1 atom stereocenters. The Morgan fingerprint density at radius 3 is 2.95 bits per heavy atom. The van der Waals surface area contributed by atoms with Crippen molar-refractivity contribution in [2.24, 2.45) is 0 Å². The second-order valence-electron chi connectivity index (χ2n) is 5.01. The van der Waals surface area contributed by atoms with Crippen molar-refractivity contribution in [1.29, 1.82) is 0 Å². The molecule has 1 N–H and O–H groups in total. The molecule has 7 heteroatoms. The molecular weight excluding hydrogens is 296 g/mol. The van der Waals surface area contributed by atoms with Crippen LogP contribution in [-0.4, -0.2) is 44.0 Å². The Hall–Kier alpha value is -0.920. The molecule has 0 aliphatic carbocycles. The first-order chi connectivity index (χ1) is 9.48. The van der Waals surface area contributed by atoms with E-state index < -0.39 is 16.1 Å². The Morgan fingerprint density at radius 1 is 1.50 bits per heavy atom. The molecule has 1 aliphatic rings. The zero-order chi connectivity index (χ0) is 14.6. The lowest BCUT2D eigenvalue weighted by Crippen LogP contribution is -2.51. The largest absolute Gasteiger partial charge is 0.354 e. The molecule has 0 spiro atoms. The summed E-state index contributed by atoms with van der Waals surface area (Å²) in [4.78, 5) is 13.4. The molecule has 0 aromatic carbocycles. The summed E-state index contributed by atoms with van der Waals surface area (Å²) in [5.74, 6) is -0.174. The van der Waals surface area contributed by atoms with Crippen molar-refractivity contribution in [2.75, 3.05) is 19.3 Å². The second kappa shape index (κ2) is 6.69. The van der Waals surface area contributed by atoms with E-state index in [1.165, 1.54) is 15.4 Å². The topological polar surface area (TPSA) is 66.5 Å². The van der Waals surface area contributed by atoms with Gasteiger partial charge in [-0.1, -0.05) is 12.5 Å². The predicted molar refractivity (Wildman–Crippen MR) is 80.2 cm³/mol. The molecule has 5 nitrogen and oxygen atoms in total. The number of carbonyl (C=O) groups is 1. The average molecular weight is 316 g/mol. The van der Waals surface area contributed by atoms with Gasteiger partial charge in [-0.2, -0.15) is 4.31 Å². The van der Waals surface area contributed by atoms with Gasteiger partial charge in [0.15, 0.2) is 0 Å². The summed E-state index contributed by atoms with van der Waals surface area (Å²) in [5, 5.41) is 4.86. The van der Waals surface area contributed by atoms with Crippen LogP contribution in [0.3, 0.4) is 0 Å². The summed E-state index contributed by atoms with van der Waals surface area (Å²) in [5.41, 5.74) is 0. The fourth-order valence-corrected chi connectivity index (χ4v) is 4.28. The lowest BCUT2D eigenvalue weighted by Gasteiger charge is -2.32. The Bertz CT molecular complexity index is 540. The summed E-state index contributed by atoms with van der Waals surface area (Å²) in [6, 6.07) is 3.47. The fraction of sp³-hybridized carbons (Fsp3) is 0.615. The van der Waals surface area contributed by atoms with Gasteiger partial charge >= 0.3 is 0 Å². The molecule has 2 rings (SSSR count). The van der Waals surface area contributed by atoms with E-state index in [1.807, 2.05) is 17.5 Å². The van der Waals surface area contributed by atoms with Gasteiger partial charge in [0.05, 0.1) is 6.26 Å². The number of piperidine rings is 1. The molecule has 1 fully saturated rings. The number of rotatable bonds is 5. The highest BCUT2D eigenvalue weighted by Gasteiger charge is 2.34. The second-order valence-corrected chi connectivity index (χ2v) is 7.97. The monoisotopic (exact) mass is 316 g/mol. The molecule has 1 aromatic heterocycles. The number of sulfonamides is 1. The van der Waals surface area contributed by atoms with Crippen LogP contribution < -0.4 is 5.32 Å². The van der Waals surface area contributed by atoms with Gasteiger partial charge in [0.25, 0.3) is 0 Å². The highest BCUT2D eigenvalue weighted by molar-refractivity contribution is 7.88. The van der Waals surface area contributed by atoms with Crippen molar-refractivity contribution in [3.05, 3.63) is 22.4 Å². The summed E-state index contributed by atoms with van der Waals surface area (Å²) >= 11 is 1.66. The maximum atomic E-state index is 12.2. The van der Waals surface area contributed by atoms with Gasteiger partial charge in [-0.15, -0.1) is 11.3 Å². The van der Waals surface area contributed by atoms with Crippen molar-refractivity contribution in [3.8, 4) is 0 Å². The minimum Gasteiger partial charge on any atom is -0.354 e. The van der Waals surface area contributed by atoms with Crippen molar-refractivity contribution in [2.45, 2.75) is 31.7 Å². The number of nitrogens with zero attached hydrogens (tertiary/aromatic N) is 1. The van der Waals surface area contributed by atoms with E-state index in [-0.39, 0.29) is 5.91 Å². The Labute approximate surface area is 124 Å². The van der Waals surface area contributed by atoms with Crippen LogP contribution in [0.4, 0.5) is 0 Å². The van der Waals surface area contributed by atoms with E-state index in [4.69, 9.17) is 0 Å². The van der Waals surface area contributed by atoms with E-state index in [2.05, 4.69) is 5.32 Å². The maximum absolute atomic E-state index is 12.2. The van der Waals surface area contributed by atoms with Gasteiger partial charge in [0.1, 0.15) is 6.04 Å². The molecule has 1 unspecified atom stereocenters. The van der Waals surface area contributed by atoms with Crippen LogP contribution in [0.2, 0.25) is 0 Å². The molecule has 0 radical (unpaired) electrons. The first-order valence-electron chi connectivity index (χ1n) is 6.75. The molecule has 20 heavy (non-hydrogen) atoms. The van der Waals surface area contributed by atoms with E-state index in [9.17, 15) is 13.2 Å². The molecule has 1 aromatic rings. The van der Waals surface area contributed by atoms with Crippen LogP contribution in [0.15, 0.2) is 17.5 Å². The van der Waals surface area contributed by atoms with Gasteiger partial charge < -0.3 is 5.32 Å². The summed E-state index contributed by atoms with van der Waals surface area (Å²) < 4.78 is 24.7. The molecule has 0 saturated carbocycles. The predicted octanol–water partition coefficient (Wildman–Crippen LogP) is 1.22. The smallest absolute Gasteiger partial charge is 0.238 e. The van der Waals surface area contributed by atoms with Crippen molar-refractivity contribution in [3.63, 3.8) is 0 Å². The standard InChI is InChI=1S/C13H20N2O3S2/c1-20(17,18)15-9-3-2-6-12(15)13(16)14-8-7-11-5-4-10-19-11/h4-5,10,12H,2-3,6-9H2,1H3,(H,14,16). The number of carbonyl (C=O) groups excluding carboxylic acids is 1. The molecule has 1 saturated heterocycles. The summed E-state index contributed by atoms with van der Waals surface area (Å²) in [6.07, 6.45) is 4.29. The van der Waals surface area contributed by atoms with E-state index >= 15 is 0 Å². The average Bonchev–Trinajstić information content (AvgIpc) is 2.91. The molecule has 2 heterocycles. The summed E-state index contributed by atoms with van der Waals surface area (Å²) in [7, 11) is -3.31. The van der Waals surface area contributed by atoms with Gasteiger partial charge in [-0.3, -0.25) is 4.79 Å². The highest BCUT2D eigenvalue weighted by Crippen LogP contribution is 2.20. The van der Waals surface area contributed by atoms with Crippen molar-refractivity contribution >= 4 is 27.3 Å². The lowest BCUT2D eigenvalue weighted by atomic mass is 10.0. The molecule has 1 amide bonds. The highest BCUT2D eigenvalue weighted by atomic mass is 32.2. The van der Waals surface area contributed by atoms with Gasteiger partial charge in [0, 0.05) is 18.0 Å². The van der Waals surface area contributed by atoms with Gasteiger partial charge in [-0.05, 0) is 30.7 Å². The van der Waals surface area contributed by atoms with E-state index in [0.717, 1.165) is 19.3 Å². The minimum atomic E-state index is -3.31. The van der Waals surface area contributed by atoms with Crippen LogP contribution in [0.1, 0.15) is 24.1 Å². The first-order valence-corrected chi connectivity index (χ1v) is 9.48. The van der Waals surface area contributed by atoms with Crippen LogP contribution in [-0.2, 0) is 21.2 Å². The zero-order valence-electron chi connectivity index (χ0n) is 11.5. The minimum absolute atomic E-state index is 0.174. The normalized spacial score (nSPS) is 20.8. The summed E-state index contributed by atoms with van der Waals surface area (Å²) in [6.45, 7) is 0.995. The number of amides is 1. The Kier molecular flexibility index (Phi) is 5.17. The third-order valence-corrected chi connectivity index (χ3v) is 5.66. The Balaban J connectivity index is 1.89. The molecule has 112 valence electrons. The van der Waals surface area contributed by atoms with Gasteiger partial charge in [-0.25, -0.2) is 8.42 Å².